The quantitative estimate of drug-likeness (QED) is 0.720. The fraction of sp³-hybridized carbons (Fsp3) is 0.286. The summed E-state index contributed by atoms with van der Waals surface area (Å²) in [4.78, 5) is 26.0. The lowest BCUT2D eigenvalue weighted by atomic mass is 10.1. The zero-order valence-corrected chi connectivity index (χ0v) is 15.7. The standard InChI is InChI=1S/C21H23N5O/c1-16-5-7-18(8-6-16)21(27)26-13-11-25(12-14-26)20-15-19(22-17(2)23-20)24-9-3-4-10-24/h3-10,15H,11-14H2,1-2H3. The van der Waals surface area contributed by atoms with E-state index < -0.39 is 0 Å². The molecule has 6 nitrogen and oxygen atoms in total. The van der Waals surface area contributed by atoms with E-state index in [1.165, 1.54) is 0 Å². The van der Waals surface area contributed by atoms with Crippen LogP contribution in [0.3, 0.4) is 0 Å². The molecule has 1 amide bonds. The number of carbonyl (C=O) groups is 1. The number of hydrogen-bond acceptors (Lipinski definition) is 4. The summed E-state index contributed by atoms with van der Waals surface area (Å²) >= 11 is 0. The van der Waals surface area contributed by atoms with Gasteiger partial charge in [-0.3, -0.25) is 4.79 Å². The predicted molar refractivity (Wildman–Crippen MR) is 105 cm³/mol. The largest absolute Gasteiger partial charge is 0.353 e. The summed E-state index contributed by atoms with van der Waals surface area (Å²) < 4.78 is 1.98. The van der Waals surface area contributed by atoms with Gasteiger partial charge in [0.25, 0.3) is 5.91 Å². The first kappa shape index (κ1) is 17.3. The molecule has 0 unspecified atom stereocenters. The van der Waals surface area contributed by atoms with E-state index in [0.717, 1.165) is 41.7 Å². The first-order valence-electron chi connectivity index (χ1n) is 9.20. The molecule has 0 bridgehead atoms. The van der Waals surface area contributed by atoms with Gasteiger partial charge in [-0.2, -0.15) is 0 Å². The third-order valence-corrected chi connectivity index (χ3v) is 4.87. The van der Waals surface area contributed by atoms with Gasteiger partial charge in [0, 0.05) is 50.2 Å². The smallest absolute Gasteiger partial charge is 0.253 e. The van der Waals surface area contributed by atoms with Crippen molar-refractivity contribution in [2.75, 3.05) is 31.1 Å². The second-order valence-corrected chi connectivity index (χ2v) is 6.87. The molecule has 1 fully saturated rings. The van der Waals surface area contributed by atoms with E-state index in [0.29, 0.717) is 13.1 Å². The van der Waals surface area contributed by atoms with Crippen molar-refractivity contribution in [1.29, 1.82) is 0 Å². The fourth-order valence-electron chi connectivity index (χ4n) is 3.34. The Hall–Kier alpha value is -3.15. The number of amides is 1. The highest BCUT2D eigenvalue weighted by atomic mass is 16.2. The number of piperazine rings is 1. The van der Waals surface area contributed by atoms with Crippen LogP contribution in [0.15, 0.2) is 54.9 Å². The molecule has 0 aliphatic carbocycles. The average Bonchev–Trinajstić information content (AvgIpc) is 3.23. The van der Waals surface area contributed by atoms with E-state index in [1.807, 2.05) is 78.2 Å². The van der Waals surface area contributed by atoms with Gasteiger partial charge >= 0.3 is 0 Å². The van der Waals surface area contributed by atoms with Gasteiger partial charge in [0.15, 0.2) is 0 Å². The van der Waals surface area contributed by atoms with Crippen LogP contribution in [-0.2, 0) is 0 Å². The fourth-order valence-corrected chi connectivity index (χ4v) is 3.34. The summed E-state index contributed by atoms with van der Waals surface area (Å²) in [6, 6.07) is 13.7. The maximum absolute atomic E-state index is 12.7. The minimum absolute atomic E-state index is 0.0987. The Morgan fingerprint density at radius 3 is 2.19 bits per heavy atom. The number of carbonyl (C=O) groups excluding carboxylic acids is 1. The molecular weight excluding hydrogens is 338 g/mol. The Morgan fingerprint density at radius 2 is 1.52 bits per heavy atom. The van der Waals surface area contributed by atoms with Crippen LogP contribution >= 0.6 is 0 Å². The molecule has 0 N–H and O–H groups in total. The molecule has 1 aliphatic heterocycles. The molecule has 1 saturated heterocycles. The third-order valence-electron chi connectivity index (χ3n) is 4.87. The van der Waals surface area contributed by atoms with Gasteiger partial charge in [-0.15, -0.1) is 0 Å². The summed E-state index contributed by atoms with van der Waals surface area (Å²) in [5, 5.41) is 0. The second kappa shape index (κ2) is 7.23. The van der Waals surface area contributed by atoms with Gasteiger partial charge in [-0.25, -0.2) is 9.97 Å². The maximum Gasteiger partial charge on any atom is 0.253 e. The van der Waals surface area contributed by atoms with Crippen LogP contribution in [0, 0.1) is 13.8 Å². The summed E-state index contributed by atoms with van der Waals surface area (Å²) in [6.45, 7) is 6.84. The number of hydrogen-bond donors (Lipinski definition) is 0. The topological polar surface area (TPSA) is 54.3 Å². The van der Waals surface area contributed by atoms with Crippen molar-refractivity contribution in [3.63, 3.8) is 0 Å². The van der Waals surface area contributed by atoms with E-state index in [9.17, 15) is 4.79 Å². The predicted octanol–water partition coefficient (Wildman–Crippen LogP) is 2.85. The van der Waals surface area contributed by atoms with E-state index in [4.69, 9.17) is 0 Å². The Bertz CT molecular complexity index is 926. The maximum atomic E-state index is 12.7. The van der Waals surface area contributed by atoms with Crippen LogP contribution < -0.4 is 4.90 Å². The minimum Gasteiger partial charge on any atom is -0.353 e. The van der Waals surface area contributed by atoms with Crippen molar-refractivity contribution in [3.8, 4) is 5.82 Å². The lowest BCUT2D eigenvalue weighted by Crippen LogP contribution is -2.49. The highest BCUT2D eigenvalue weighted by Gasteiger charge is 2.23. The van der Waals surface area contributed by atoms with Gasteiger partial charge in [0.05, 0.1) is 0 Å². The Labute approximate surface area is 159 Å². The van der Waals surface area contributed by atoms with Gasteiger partial charge < -0.3 is 14.4 Å². The second-order valence-electron chi connectivity index (χ2n) is 6.87. The van der Waals surface area contributed by atoms with Crippen molar-refractivity contribution in [3.05, 3.63) is 71.8 Å². The van der Waals surface area contributed by atoms with E-state index in [1.54, 1.807) is 0 Å². The monoisotopic (exact) mass is 361 g/mol. The molecule has 1 aliphatic rings. The Kier molecular flexibility index (Phi) is 4.62. The Balaban J connectivity index is 1.46. The number of aromatic nitrogens is 3. The molecule has 6 heteroatoms. The SMILES string of the molecule is Cc1ccc(C(=O)N2CCN(c3cc(-n4cccc4)nc(C)n3)CC2)cc1. The van der Waals surface area contributed by atoms with Crippen LogP contribution in [0.5, 0.6) is 0 Å². The van der Waals surface area contributed by atoms with Crippen LogP contribution in [0.25, 0.3) is 5.82 Å². The van der Waals surface area contributed by atoms with Crippen LogP contribution in [0.4, 0.5) is 5.82 Å². The first-order valence-corrected chi connectivity index (χ1v) is 9.20. The molecule has 3 aromatic rings. The molecule has 2 aromatic heterocycles. The molecule has 0 spiro atoms. The molecule has 4 rings (SSSR count). The van der Waals surface area contributed by atoms with Crippen LogP contribution in [-0.4, -0.2) is 51.5 Å². The van der Waals surface area contributed by atoms with Crippen LogP contribution in [0.1, 0.15) is 21.7 Å². The van der Waals surface area contributed by atoms with Gasteiger partial charge in [0.2, 0.25) is 0 Å². The molecule has 3 heterocycles. The van der Waals surface area contributed by atoms with Crippen LogP contribution in [0.2, 0.25) is 0 Å². The summed E-state index contributed by atoms with van der Waals surface area (Å²) in [6.07, 6.45) is 3.95. The van der Waals surface area contributed by atoms with Gasteiger partial charge in [-0.05, 0) is 38.1 Å². The zero-order chi connectivity index (χ0) is 18.8. The number of rotatable bonds is 3. The molecule has 0 radical (unpaired) electrons. The average molecular weight is 361 g/mol. The highest BCUT2D eigenvalue weighted by molar-refractivity contribution is 5.94. The molecule has 0 atom stereocenters. The first-order chi connectivity index (χ1) is 13.1. The minimum atomic E-state index is 0.0987. The van der Waals surface area contributed by atoms with Crippen molar-refractivity contribution >= 4 is 11.7 Å². The third kappa shape index (κ3) is 3.69. The number of aryl methyl sites for hydroxylation is 2. The highest BCUT2D eigenvalue weighted by Crippen LogP contribution is 2.18. The molecule has 138 valence electrons. The van der Waals surface area contributed by atoms with E-state index >= 15 is 0 Å². The zero-order valence-electron chi connectivity index (χ0n) is 15.7. The van der Waals surface area contributed by atoms with E-state index in [-0.39, 0.29) is 5.91 Å². The normalized spacial score (nSPS) is 14.4. The molecule has 27 heavy (non-hydrogen) atoms. The van der Waals surface area contributed by atoms with Gasteiger partial charge in [0.1, 0.15) is 17.5 Å². The lowest BCUT2D eigenvalue weighted by molar-refractivity contribution is 0.0746. The molecule has 1 aromatic carbocycles. The number of nitrogens with zero attached hydrogens (tertiary/aromatic N) is 5. The molecular formula is C21H23N5O. The van der Waals surface area contributed by atoms with Crippen molar-refractivity contribution in [2.24, 2.45) is 0 Å². The van der Waals surface area contributed by atoms with E-state index in [2.05, 4.69) is 14.9 Å². The summed E-state index contributed by atoms with van der Waals surface area (Å²) in [7, 11) is 0. The van der Waals surface area contributed by atoms with Gasteiger partial charge in [-0.1, -0.05) is 17.7 Å². The van der Waals surface area contributed by atoms with Crippen molar-refractivity contribution in [1.82, 2.24) is 19.4 Å². The summed E-state index contributed by atoms with van der Waals surface area (Å²) in [5.41, 5.74) is 1.91. The molecule has 0 saturated carbocycles. The lowest BCUT2D eigenvalue weighted by Gasteiger charge is -2.35. The number of benzene rings is 1. The Morgan fingerprint density at radius 1 is 0.889 bits per heavy atom. The van der Waals surface area contributed by atoms with Crippen molar-refractivity contribution in [2.45, 2.75) is 13.8 Å². The van der Waals surface area contributed by atoms with Crippen molar-refractivity contribution < 1.29 is 4.79 Å². The summed E-state index contributed by atoms with van der Waals surface area (Å²) in [5.74, 6) is 2.62. The number of anilines is 1.